The highest BCUT2D eigenvalue weighted by Gasteiger charge is 2.19. The van der Waals surface area contributed by atoms with E-state index in [9.17, 15) is 19.7 Å². The Bertz CT molecular complexity index is 1020. The number of esters is 1. The number of nitrogens with zero attached hydrogens (tertiary/aromatic N) is 1. The SMILES string of the molecule is CCOC(=O)c1cc(C(=O)NCc2ccc(OCC3CCCO3)c(OC)c2)cc([N+](=O)[O-])c1. The molecular weight excluding hydrogens is 432 g/mol. The molecule has 0 aromatic heterocycles. The van der Waals surface area contributed by atoms with Gasteiger partial charge in [-0.2, -0.15) is 0 Å². The number of nitro benzene ring substituents is 1. The minimum absolute atomic E-state index is 0.0178. The van der Waals surface area contributed by atoms with Gasteiger partial charge in [-0.25, -0.2) is 4.79 Å². The summed E-state index contributed by atoms with van der Waals surface area (Å²) in [5, 5.41) is 13.9. The average molecular weight is 458 g/mol. The largest absolute Gasteiger partial charge is 0.493 e. The molecule has 3 rings (SSSR count). The second kappa shape index (κ2) is 11.3. The second-order valence-corrected chi connectivity index (χ2v) is 7.36. The summed E-state index contributed by atoms with van der Waals surface area (Å²) in [6.45, 7) is 3.05. The summed E-state index contributed by atoms with van der Waals surface area (Å²) in [7, 11) is 1.52. The quantitative estimate of drug-likeness (QED) is 0.327. The lowest BCUT2D eigenvalue weighted by Gasteiger charge is -2.15. The van der Waals surface area contributed by atoms with Crippen molar-refractivity contribution in [1.29, 1.82) is 0 Å². The maximum atomic E-state index is 12.6. The zero-order valence-corrected chi connectivity index (χ0v) is 18.5. The van der Waals surface area contributed by atoms with Crippen LogP contribution in [0.4, 0.5) is 5.69 Å². The smallest absolute Gasteiger partial charge is 0.338 e. The Labute approximate surface area is 190 Å². The predicted octanol–water partition coefficient (Wildman–Crippen LogP) is 3.27. The number of rotatable bonds is 10. The van der Waals surface area contributed by atoms with Gasteiger partial charge < -0.3 is 24.3 Å². The molecule has 1 aliphatic heterocycles. The Morgan fingerprint density at radius 2 is 1.97 bits per heavy atom. The number of hydrogen-bond acceptors (Lipinski definition) is 8. The van der Waals surface area contributed by atoms with E-state index in [-0.39, 0.29) is 36.1 Å². The first kappa shape index (κ1) is 24.0. The van der Waals surface area contributed by atoms with Crippen molar-refractivity contribution in [2.24, 2.45) is 0 Å². The molecule has 1 fully saturated rings. The number of hydrogen-bond donors (Lipinski definition) is 1. The molecule has 10 nitrogen and oxygen atoms in total. The molecule has 2 aromatic carbocycles. The van der Waals surface area contributed by atoms with Gasteiger partial charge in [-0.1, -0.05) is 6.07 Å². The number of non-ortho nitro benzene ring substituents is 1. The third-order valence-electron chi connectivity index (χ3n) is 5.03. The van der Waals surface area contributed by atoms with Crippen LogP contribution >= 0.6 is 0 Å². The Kier molecular flexibility index (Phi) is 8.20. The lowest BCUT2D eigenvalue weighted by molar-refractivity contribution is -0.384. The molecule has 0 saturated carbocycles. The molecule has 0 spiro atoms. The third-order valence-corrected chi connectivity index (χ3v) is 5.03. The molecule has 1 N–H and O–H groups in total. The summed E-state index contributed by atoms with van der Waals surface area (Å²) >= 11 is 0. The Morgan fingerprint density at radius 3 is 2.64 bits per heavy atom. The van der Waals surface area contributed by atoms with Crippen LogP contribution in [0.1, 0.15) is 46.0 Å². The number of nitrogens with one attached hydrogen (secondary N) is 1. The first-order valence-corrected chi connectivity index (χ1v) is 10.6. The van der Waals surface area contributed by atoms with Crippen molar-refractivity contribution in [1.82, 2.24) is 5.32 Å². The maximum absolute atomic E-state index is 12.6. The lowest BCUT2D eigenvalue weighted by atomic mass is 10.1. The van der Waals surface area contributed by atoms with Gasteiger partial charge in [0.25, 0.3) is 11.6 Å². The number of nitro groups is 1. The lowest BCUT2D eigenvalue weighted by Crippen LogP contribution is -2.23. The van der Waals surface area contributed by atoms with Crippen LogP contribution in [0.15, 0.2) is 36.4 Å². The van der Waals surface area contributed by atoms with Gasteiger partial charge in [0, 0.05) is 30.8 Å². The zero-order valence-electron chi connectivity index (χ0n) is 18.5. The van der Waals surface area contributed by atoms with Crippen molar-refractivity contribution >= 4 is 17.6 Å². The summed E-state index contributed by atoms with van der Waals surface area (Å²) in [6, 6.07) is 8.73. The molecule has 1 saturated heterocycles. The van der Waals surface area contributed by atoms with Gasteiger partial charge in [-0.3, -0.25) is 14.9 Å². The van der Waals surface area contributed by atoms with Crippen molar-refractivity contribution in [3.05, 3.63) is 63.2 Å². The van der Waals surface area contributed by atoms with Crippen LogP contribution in [-0.2, 0) is 16.0 Å². The van der Waals surface area contributed by atoms with Crippen LogP contribution in [0.3, 0.4) is 0 Å². The average Bonchev–Trinajstić information content (AvgIpc) is 3.35. The fraction of sp³-hybridized carbons (Fsp3) is 0.391. The van der Waals surface area contributed by atoms with Crippen molar-refractivity contribution in [3.63, 3.8) is 0 Å². The van der Waals surface area contributed by atoms with Crippen molar-refractivity contribution in [2.45, 2.75) is 32.4 Å². The van der Waals surface area contributed by atoms with E-state index in [0.717, 1.165) is 37.1 Å². The summed E-state index contributed by atoms with van der Waals surface area (Å²) in [5.74, 6) is -0.221. The minimum Gasteiger partial charge on any atom is -0.493 e. The topological polar surface area (TPSA) is 126 Å². The highest BCUT2D eigenvalue weighted by Crippen LogP contribution is 2.29. The summed E-state index contributed by atoms with van der Waals surface area (Å²) in [4.78, 5) is 35.2. The van der Waals surface area contributed by atoms with E-state index in [2.05, 4.69) is 5.32 Å². The molecule has 1 amide bonds. The van der Waals surface area contributed by atoms with Crippen LogP contribution in [0, 0.1) is 10.1 Å². The van der Waals surface area contributed by atoms with Gasteiger partial charge in [0.1, 0.15) is 6.61 Å². The van der Waals surface area contributed by atoms with E-state index in [4.69, 9.17) is 18.9 Å². The number of carbonyl (C=O) groups excluding carboxylic acids is 2. The molecule has 2 aromatic rings. The van der Waals surface area contributed by atoms with Gasteiger partial charge in [0.2, 0.25) is 0 Å². The normalized spacial score (nSPS) is 15.0. The maximum Gasteiger partial charge on any atom is 0.338 e. The van der Waals surface area contributed by atoms with Crippen LogP contribution in [-0.4, -0.2) is 49.8 Å². The van der Waals surface area contributed by atoms with E-state index >= 15 is 0 Å². The number of benzene rings is 2. The zero-order chi connectivity index (χ0) is 23.8. The van der Waals surface area contributed by atoms with Gasteiger partial charge in [-0.05, 0) is 43.5 Å². The molecule has 1 unspecified atom stereocenters. The predicted molar refractivity (Wildman–Crippen MR) is 118 cm³/mol. The van der Waals surface area contributed by atoms with Crippen molar-refractivity contribution in [3.8, 4) is 11.5 Å². The Balaban J connectivity index is 1.68. The monoisotopic (exact) mass is 458 g/mol. The molecular formula is C23H26N2O8. The van der Waals surface area contributed by atoms with Crippen molar-refractivity contribution < 1.29 is 33.5 Å². The van der Waals surface area contributed by atoms with Crippen molar-refractivity contribution in [2.75, 3.05) is 26.9 Å². The minimum atomic E-state index is -0.737. The second-order valence-electron chi connectivity index (χ2n) is 7.36. The summed E-state index contributed by atoms with van der Waals surface area (Å²) in [5.41, 5.74) is 0.280. The molecule has 1 aliphatic rings. The first-order chi connectivity index (χ1) is 15.9. The summed E-state index contributed by atoms with van der Waals surface area (Å²) < 4.78 is 21.6. The molecule has 33 heavy (non-hydrogen) atoms. The van der Waals surface area contributed by atoms with E-state index < -0.39 is 16.8 Å². The fourth-order valence-electron chi connectivity index (χ4n) is 3.36. The van der Waals surface area contributed by atoms with Crippen LogP contribution in [0.5, 0.6) is 11.5 Å². The molecule has 1 atom stereocenters. The standard InChI is InChI=1S/C23H26N2O8/c1-3-31-23(27)17-10-16(11-18(12-17)25(28)29)22(26)24-13-15-6-7-20(21(9-15)30-2)33-14-19-5-4-8-32-19/h6-7,9-12,19H,3-5,8,13-14H2,1-2H3,(H,24,26). The van der Waals surface area contributed by atoms with Crippen LogP contribution in [0.25, 0.3) is 0 Å². The molecule has 0 aliphatic carbocycles. The Hall–Kier alpha value is -3.66. The van der Waals surface area contributed by atoms with E-state index in [1.165, 1.54) is 13.2 Å². The number of carbonyl (C=O) groups is 2. The van der Waals surface area contributed by atoms with Crippen LogP contribution in [0.2, 0.25) is 0 Å². The molecule has 0 bridgehead atoms. The van der Waals surface area contributed by atoms with E-state index in [1.807, 2.05) is 0 Å². The highest BCUT2D eigenvalue weighted by molar-refractivity contribution is 5.99. The first-order valence-electron chi connectivity index (χ1n) is 10.6. The van der Waals surface area contributed by atoms with E-state index in [1.54, 1.807) is 25.1 Å². The van der Waals surface area contributed by atoms with E-state index in [0.29, 0.717) is 18.1 Å². The van der Waals surface area contributed by atoms with Gasteiger partial charge >= 0.3 is 5.97 Å². The Morgan fingerprint density at radius 1 is 1.18 bits per heavy atom. The molecule has 176 valence electrons. The molecule has 10 heteroatoms. The molecule has 0 radical (unpaired) electrons. The number of ether oxygens (including phenoxy) is 4. The molecule has 1 heterocycles. The summed E-state index contributed by atoms with van der Waals surface area (Å²) in [6.07, 6.45) is 2.06. The highest BCUT2D eigenvalue weighted by atomic mass is 16.6. The van der Waals surface area contributed by atoms with Gasteiger partial charge in [0.05, 0.1) is 30.3 Å². The van der Waals surface area contributed by atoms with Crippen LogP contribution < -0.4 is 14.8 Å². The van der Waals surface area contributed by atoms with Gasteiger partial charge in [-0.15, -0.1) is 0 Å². The third kappa shape index (κ3) is 6.42. The number of amides is 1. The van der Waals surface area contributed by atoms with Gasteiger partial charge in [0.15, 0.2) is 11.5 Å². The number of methoxy groups -OCH3 is 1. The fourth-order valence-corrected chi connectivity index (χ4v) is 3.36.